The number of amides is 1. The zero-order valence-corrected chi connectivity index (χ0v) is 11.4. The molecule has 0 aliphatic heterocycles. The van der Waals surface area contributed by atoms with Gasteiger partial charge >= 0.3 is 0 Å². The van der Waals surface area contributed by atoms with Crippen LogP contribution in [0.25, 0.3) is 10.8 Å². The molecule has 0 saturated carbocycles. The highest BCUT2D eigenvalue weighted by Gasteiger charge is 2.05. The van der Waals surface area contributed by atoms with Crippen LogP contribution in [0.1, 0.15) is 16.8 Å². The highest BCUT2D eigenvalue weighted by Crippen LogP contribution is 2.14. The maximum absolute atomic E-state index is 12.0. The summed E-state index contributed by atoms with van der Waals surface area (Å²) in [6, 6.07) is 7.58. The molecule has 0 spiro atoms. The molecular weight excluding hydrogens is 238 g/mol. The summed E-state index contributed by atoms with van der Waals surface area (Å²) in [4.78, 5) is 18.2. The van der Waals surface area contributed by atoms with Gasteiger partial charge in [-0.3, -0.25) is 9.78 Å². The van der Waals surface area contributed by atoms with Gasteiger partial charge in [0.25, 0.3) is 5.91 Å². The number of pyridine rings is 1. The lowest BCUT2D eigenvalue weighted by atomic mass is 10.1. The molecule has 4 nitrogen and oxygen atoms in total. The fourth-order valence-corrected chi connectivity index (χ4v) is 1.92. The molecule has 0 aliphatic carbocycles. The van der Waals surface area contributed by atoms with Crippen molar-refractivity contribution < 1.29 is 4.79 Å². The molecule has 1 aromatic heterocycles. The van der Waals surface area contributed by atoms with Crippen molar-refractivity contribution in [1.82, 2.24) is 15.2 Å². The first-order valence-corrected chi connectivity index (χ1v) is 6.43. The Morgan fingerprint density at radius 1 is 1.26 bits per heavy atom. The first-order valence-electron chi connectivity index (χ1n) is 6.43. The van der Waals surface area contributed by atoms with E-state index in [1.54, 1.807) is 12.4 Å². The number of nitrogens with zero attached hydrogens (tertiary/aromatic N) is 2. The van der Waals surface area contributed by atoms with Crippen LogP contribution >= 0.6 is 0 Å². The fourth-order valence-electron chi connectivity index (χ4n) is 1.92. The summed E-state index contributed by atoms with van der Waals surface area (Å²) in [6.07, 6.45) is 4.49. The fraction of sp³-hybridized carbons (Fsp3) is 0.333. The van der Waals surface area contributed by atoms with E-state index in [-0.39, 0.29) is 5.91 Å². The van der Waals surface area contributed by atoms with Crippen molar-refractivity contribution in [1.29, 1.82) is 0 Å². The minimum atomic E-state index is -0.0162. The Morgan fingerprint density at radius 2 is 2.11 bits per heavy atom. The summed E-state index contributed by atoms with van der Waals surface area (Å²) in [7, 11) is 4.05. The van der Waals surface area contributed by atoms with Crippen molar-refractivity contribution in [2.45, 2.75) is 6.42 Å². The second-order valence-electron chi connectivity index (χ2n) is 4.85. The highest BCUT2D eigenvalue weighted by molar-refractivity contribution is 5.98. The molecule has 1 amide bonds. The van der Waals surface area contributed by atoms with Gasteiger partial charge in [-0.15, -0.1) is 0 Å². The molecule has 0 radical (unpaired) electrons. The predicted molar refractivity (Wildman–Crippen MR) is 77.2 cm³/mol. The van der Waals surface area contributed by atoms with Crippen LogP contribution in [0.5, 0.6) is 0 Å². The second kappa shape index (κ2) is 6.29. The molecule has 1 heterocycles. The molecule has 0 atom stereocenters. The molecule has 4 heteroatoms. The third-order valence-electron chi connectivity index (χ3n) is 2.97. The largest absolute Gasteiger partial charge is 0.352 e. The van der Waals surface area contributed by atoms with Crippen LogP contribution in [0.2, 0.25) is 0 Å². The number of carbonyl (C=O) groups is 1. The number of benzene rings is 1. The lowest BCUT2D eigenvalue weighted by molar-refractivity contribution is 0.0952. The van der Waals surface area contributed by atoms with Crippen LogP contribution < -0.4 is 5.32 Å². The first-order chi connectivity index (χ1) is 9.16. The van der Waals surface area contributed by atoms with E-state index in [4.69, 9.17) is 0 Å². The topological polar surface area (TPSA) is 45.2 Å². The van der Waals surface area contributed by atoms with Crippen molar-refractivity contribution in [3.05, 3.63) is 42.2 Å². The van der Waals surface area contributed by atoms with Crippen LogP contribution in [0, 0.1) is 0 Å². The summed E-state index contributed by atoms with van der Waals surface area (Å²) >= 11 is 0. The lowest BCUT2D eigenvalue weighted by Crippen LogP contribution is -2.27. The van der Waals surface area contributed by atoms with Gasteiger partial charge in [0.05, 0.1) is 0 Å². The zero-order chi connectivity index (χ0) is 13.7. The maximum Gasteiger partial charge on any atom is 0.251 e. The Labute approximate surface area is 113 Å². The molecule has 19 heavy (non-hydrogen) atoms. The van der Waals surface area contributed by atoms with Gasteiger partial charge in [0.1, 0.15) is 0 Å². The lowest BCUT2D eigenvalue weighted by Gasteiger charge is -2.10. The number of nitrogens with one attached hydrogen (secondary N) is 1. The first kappa shape index (κ1) is 13.5. The van der Waals surface area contributed by atoms with Crippen LogP contribution in [0.15, 0.2) is 36.7 Å². The Balaban J connectivity index is 1.97. The van der Waals surface area contributed by atoms with Crippen molar-refractivity contribution in [3.8, 4) is 0 Å². The summed E-state index contributed by atoms with van der Waals surface area (Å²) in [6.45, 7) is 1.68. The van der Waals surface area contributed by atoms with Gasteiger partial charge in [-0.1, -0.05) is 6.07 Å². The summed E-state index contributed by atoms with van der Waals surface area (Å²) < 4.78 is 0. The number of fused-ring (bicyclic) bond motifs is 1. The number of carbonyl (C=O) groups excluding carboxylic acids is 1. The average Bonchev–Trinajstić information content (AvgIpc) is 2.42. The van der Waals surface area contributed by atoms with E-state index in [9.17, 15) is 4.79 Å². The molecule has 1 N–H and O–H groups in total. The van der Waals surface area contributed by atoms with Gasteiger partial charge in [-0.2, -0.15) is 0 Å². The number of hydrogen-bond donors (Lipinski definition) is 1. The van der Waals surface area contributed by atoms with Crippen molar-refractivity contribution in [2.75, 3.05) is 27.2 Å². The van der Waals surface area contributed by atoms with E-state index < -0.39 is 0 Å². The number of rotatable bonds is 5. The van der Waals surface area contributed by atoms with Crippen LogP contribution in [0.3, 0.4) is 0 Å². The van der Waals surface area contributed by atoms with Crippen LogP contribution in [-0.4, -0.2) is 43.0 Å². The van der Waals surface area contributed by atoms with Crippen LogP contribution in [-0.2, 0) is 0 Å². The minimum Gasteiger partial charge on any atom is -0.352 e. The molecule has 2 aromatic rings. The molecule has 2 rings (SSSR count). The summed E-state index contributed by atoms with van der Waals surface area (Å²) in [5, 5.41) is 5.02. The molecule has 0 saturated heterocycles. The van der Waals surface area contributed by atoms with Crippen molar-refractivity contribution in [2.24, 2.45) is 0 Å². The molecule has 100 valence electrons. The molecule has 0 fully saturated rings. The zero-order valence-electron chi connectivity index (χ0n) is 11.4. The van der Waals surface area contributed by atoms with Gasteiger partial charge in [0.15, 0.2) is 0 Å². The van der Waals surface area contributed by atoms with E-state index in [0.717, 1.165) is 23.7 Å². The van der Waals surface area contributed by atoms with E-state index in [1.807, 2.05) is 38.4 Å². The summed E-state index contributed by atoms with van der Waals surface area (Å²) in [5.41, 5.74) is 0.698. The van der Waals surface area contributed by atoms with Gasteiger partial charge in [0.2, 0.25) is 0 Å². The SMILES string of the molecule is CN(C)CCCNC(=O)c1ccc2cnccc2c1. The highest BCUT2D eigenvalue weighted by atomic mass is 16.1. The predicted octanol–water partition coefficient (Wildman–Crippen LogP) is 1.92. The molecule has 0 unspecified atom stereocenters. The van der Waals surface area contributed by atoms with Crippen molar-refractivity contribution in [3.63, 3.8) is 0 Å². The Hall–Kier alpha value is -1.94. The Morgan fingerprint density at radius 3 is 2.89 bits per heavy atom. The average molecular weight is 257 g/mol. The van der Waals surface area contributed by atoms with E-state index in [0.29, 0.717) is 12.1 Å². The van der Waals surface area contributed by atoms with Gasteiger partial charge in [0, 0.05) is 29.9 Å². The standard InChI is InChI=1S/C15H19N3O/c1-18(2)9-3-7-17-15(19)13-4-5-14-11-16-8-6-12(14)10-13/h4-6,8,10-11H,3,7,9H2,1-2H3,(H,17,19). The van der Waals surface area contributed by atoms with Crippen LogP contribution in [0.4, 0.5) is 0 Å². The third kappa shape index (κ3) is 3.76. The van der Waals surface area contributed by atoms with Gasteiger partial charge in [-0.25, -0.2) is 0 Å². The minimum absolute atomic E-state index is 0.0162. The smallest absolute Gasteiger partial charge is 0.251 e. The maximum atomic E-state index is 12.0. The molecular formula is C15H19N3O. The Bertz CT molecular complexity index is 566. The Kier molecular flexibility index (Phi) is 4.47. The van der Waals surface area contributed by atoms with Gasteiger partial charge < -0.3 is 10.2 Å². The number of hydrogen-bond acceptors (Lipinski definition) is 3. The van der Waals surface area contributed by atoms with E-state index >= 15 is 0 Å². The normalized spacial score (nSPS) is 10.9. The number of aromatic nitrogens is 1. The molecule has 1 aromatic carbocycles. The third-order valence-corrected chi connectivity index (χ3v) is 2.97. The quantitative estimate of drug-likeness (QED) is 0.832. The second-order valence-corrected chi connectivity index (χ2v) is 4.85. The molecule has 0 aliphatic rings. The van der Waals surface area contributed by atoms with E-state index in [2.05, 4.69) is 15.2 Å². The van der Waals surface area contributed by atoms with Gasteiger partial charge in [-0.05, 0) is 50.6 Å². The van der Waals surface area contributed by atoms with E-state index in [1.165, 1.54) is 0 Å². The monoisotopic (exact) mass is 257 g/mol. The molecule has 0 bridgehead atoms. The summed E-state index contributed by atoms with van der Waals surface area (Å²) in [5.74, 6) is -0.0162. The van der Waals surface area contributed by atoms with Crippen molar-refractivity contribution >= 4 is 16.7 Å².